The number of aromatic nitrogens is 4. The fourth-order valence-corrected chi connectivity index (χ4v) is 2.79. The van der Waals surface area contributed by atoms with Crippen molar-refractivity contribution in [2.24, 2.45) is 0 Å². The molecule has 0 fully saturated rings. The summed E-state index contributed by atoms with van der Waals surface area (Å²) in [5, 5.41) is 4.59. The first kappa shape index (κ1) is 17.2. The van der Waals surface area contributed by atoms with Gasteiger partial charge in [0.05, 0.1) is 5.69 Å². The van der Waals surface area contributed by atoms with Crippen LogP contribution in [0.2, 0.25) is 0 Å². The van der Waals surface area contributed by atoms with Gasteiger partial charge in [0.1, 0.15) is 33.8 Å². The predicted octanol–water partition coefficient (Wildman–Crippen LogP) is 2.84. The van der Waals surface area contributed by atoms with Gasteiger partial charge in [0.25, 0.3) is 0 Å². The van der Waals surface area contributed by atoms with E-state index >= 15 is 0 Å². The molecule has 0 saturated carbocycles. The normalized spacial score (nSPS) is 11.4. The van der Waals surface area contributed by atoms with Gasteiger partial charge < -0.3 is 0 Å². The van der Waals surface area contributed by atoms with Gasteiger partial charge in [0.2, 0.25) is 0 Å². The highest BCUT2D eigenvalue weighted by molar-refractivity contribution is 7.71. The first-order chi connectivity index (χ1) is 11.9. The third kappa shape index (κ3) is 3.90. The molecule has 3 aromatic rings. The van der Waals surface area contributed by atoms with E-state index in [1.165, 1.54) is 18.3 Å². The molecule has 2 aromatic heterocycles. The summed E-state index contributed by atoms with van der Waals surface area (Å²) in [6.45, 7) is 4.00. The Morgan fingerprint density at radius 2 is 1.88 bits per heavy atom. The van der Waals surface area contributed by atoms with Crippen molar-refractivity contribution in [2.75, 3.05) is 0 Å². The quantitative estimate of drug-likeness (QED) is 0.708. The highest BCUT2D eigenvalue weighted by atomic mass is 32.2. The lowest BCUT2D eigenvalue weighted by Gasteiger charge is -2.03. The van der Waals surface area contributed by atoms with Gasteiger partial charge in [-0.3, -0.25) is 4.68 Å². The Morgan fingerprint density at radius 1 is 1.16 bits per heavy atom. The van der Waals surface area contributed by atoms with Crippen LogP contribution >= 0.6 is 0 Å². The molecule has 0 unspecified atom stereocenters. The van der Waals surface area contributed by atoms with Crippen molar-refractivity contribution in [2.45, 2.75) is 25.6 Å². The molecule has 6 nitrogen and oxygen atoms in total. The molecule has 0 aliphatic rings. The molecule has 0 bridgehead atoms. The first-order valence-electron chi connectivity index (χ1n) is 7.73. The first-order valence-corrected chi connectivity index (χ1v) is 9.09. The van der Waals surface area contributed by atoms with Crippen LogP contribution in [0, 0.1) is 5.82 Å². The fraction of sp³-hybridized carbons (Fsp3) is 0.235. The maximum Gasteiger partial charge on any atom is 0.147 e. The third-order valence-corrected chi connectivity index (χ3v) is 4.17. The SMILES string of the molecule is CC(C)n1cc(-c2ccnc(C[SH](=O)=O)n2)c(-c2ccc(F)cc2)n1. The number of rotatable bonds is 5. The molecule has 2 heterocycles. The Labute approximate surface area is 146 Å². The number of hydrogen-bond acceptors (Lipinski definition) is 5. The molecule has 0 amide bonds. The molecule has 0 radical (unpaired) electrons. The van der Waals surface area contributed by atoms with Crippen LogP contribution in [0.25, 0.3) is 22.5 Å². The number of halogens is 1. The Hall–Kier alpha value is -2.61. The van der Waals surface area contributed by atoms with E-state index in [4.69, 9.17) is 0 Å². The Balaban J connectivity index is 2.13. The summed E-state index contributed by atoms with van der Waals surface area (Å²) in [6, 6.07) is 7.90. The van der Waals surface area contributed by atoms with E-state index in [9.17, 15) is 12.8 Å². The maximum absolute atomic E-state index is 13.2. The minimum Gasteiger partial charge on any atom is -0.269 e. The van der Waals surface area contributed by atoms with Crippen LogP contribution in [-0.2, 0) is 16.5 Å². The molecule has 1 aromatic carbocycles. The van der Waals surface area contributed by atoms with Gasteiger partial charge in [-0.05, 0) is 44.2 Å². The third-order valence-electron chi connectivity index (χ3n) is 3.63. The van der Waals surface area contributed by atoms with Crippen molar-refractivity contribution in [3.05, 3.63) is 54.4 Å². The topological polar surface area (TPSA) is 77.7 Å². The highest BCUT2D eigenvalue weighted by Crippen LogP contribution is 2.31. The summed E-state index contributed by atoms with van der Waals surface area (Å²) in [6.07, 6.45) is 3.38. The van der Waals surface area contributed by atoms with Crippen LogP contribution < -0.4 is 0 Å². The lowest BCUT2D eigenvalue weighted by atomic mass is 10.1. The number of hydrogen-bond donors (Lipinski definition) is 1. The van der Waals surface area contributed by atoms with Gasteiger partial charge in [-0.25, -0.2) is 22.8 Å². The van der Waals surface area contributed by atoms with Crippen LogP contribution in [-0.4, -0.2) is 28.2 Å². The fourth-order valence-electron chi connectivity index (χ4n) is 2.41. The van der Waals surface area contributed by atoms with Crippen LogP contribution in [0.5, 0.6) is 0 Å². The molecule has 25 heavy (non-hydrogen) atoms. The molecular weight excluding hydrogens is 343 g/mol. The molecule has 0 spiro atoms. The average Bonchev–Trinajstić information content (AvgIpc) is 3.01. The summed E-state index contributed by atoms with van der Waals surface area (Å²) in [4.78, 5) is 8.33. The van der Waals surface area contributed by atoms with E-state index in [-0.39, 0.29) is 23.4 Å². The summed E-state index contributed by atoms with van der Waals surface area (Å²) in [5.41, 5.74) is 2.73. The average molecular weight is 360 g/mol. The van der Waals surface area contributed by atoms with Crippen molar-refractivity contribution in [1.29, 1.82) is 0 Å². The van der Waals surface area contributed by atoms with Gasteiger partial charge in [-0.15, -0.1) is 0 Å². The van der Waals surface area contributed by atoms with Gasteiger partial charge in [0, 0.05) is 29.6 Å². The highest BCUT2D eigenvalue weighted by Gasteiger charge is 2.16. The van der Waals surface area contributed by atoms with Gasteiger partial charge in [0.15, 0.2) is 0 Å². The zero-order valence-corrected chi connectivity index (χ0v) is 14.7. The molecule has 0 atom stereocenters. The van der Waals surface area contributed by atoms with Crippen LogP contribution in [0.3, 0.4) is 0 Å². The predicted molar refractivity (Wildman–Crippen MR) is 93.1 cm³/mol. The minimum absolute atomic E-state index is 0.130. The molecule has 3 rings (SSSR count). The number of benzene rings is 1. The van der Waals surface area contributed by atoms with E-state index in [0.717, 1.165) is 11.1 Å². The van der Waals surface area contributed by atoms with Crippen molar-refractivity contribution >= 4 is 10.7 Å². The second kappa shape index (κ2) is 7.10. The second-order valence-corrected chi connectivity index (χ2v) is 6.80. The monoisotopic (exact) mass is 360 g/mol. The smallest absolute Gasteiger partial charge is 0.147 e. The van der Waals surface area contributed by atoms with Gasteiger partial charge >= 0.3 is 0 Å². The van der Waals surface area contributed by atoms with Crippen LogP contribution in [0.1, 0.15) is 25.7 Å². The molecule has 0 saturated heterocycles. The minimum atomic E-state index is -2.61. The Bertz CT molecular complexity index is 957. The van der Waals surface area contributed by atoms with Gasteiger partial charge in [-0.2, -0.15) is 5.10 Å². The maximum atomic E-state index is 13.2. The Kier molecular flexibility index (Phi) is 4.89. The molecule has 8 heteroatoms. The largest absolute Gasteiger partial charge is 0.269 e. The van der Waals surface area contributed by atoms with E-state index in [0.29, 0.717) is 11.4 Å². The van der Waals surface area contributed by atoms with E-state index in [1.54, 1.807) is 22.9 Å². The summed E-state index contributed by atoms with van der Waals surface area (Å²) >= 11 is 0. The van der Waals surface area contributed by atoms with Crippen molar-refractivity contribution < 1.29 is 12.8 Å². The zero-order chi connectivity index (χ0) is 18.0. The zero-order valence-electron chi connectivity index (χ0n) is 13.8. The number of nitrogens with zero attached hydrogens (tertiary/aromatic N) is 4. The van der Waals surface area contributed by atoms with E-state index in [1.807, 2.05) is 20.0 Å². The molecule has 0 N–H and O–H groups in total. The lowest BCUT2D eigenvalue weighted by molar-refractivity contribution is 0.534. The van der Waals surface area contributed by atoms with Gasteiger partial charge in [-0.1, -0.05) is 0 Å². The molecule has 130 valence electrons. The molecule has 0 aliphatic heterocycles. The summed E-state index contributed by atoms with van der Waals surface area (Å²) < 4.78 is 36.9. The van der Waals surface area contributed by atoms with Crippen molar-refractivity contribution in [1.82, 2.24) is 19.7 Å². The van der Waals surface area contributed by atoms with E-state index in [2.05, 4.69) is 15.1 Å². The summed E-state index contributed by atoms with van der Waals surface area (Å²) in [7, 11) is -2.61. The molecule has 0 aliphatic carbocycles. The molecular formula is C17H17FN4O2S. The Morgan fingerprint density at radius 3 is 2.52 bits per heavy atom. The van der Waals surface area contributed by atoms with Crippen molar-refractivity contribution in [3.63, 3.8) is 0 Å². The number of thiol groups is 1. The van der Waals surface area contributed by atoms with E-state index < -0.39 is 10.7 Å². The van der Waals surface area contributed by atoms with Crippen LogP contribution in [0.15, 0.2) is 42.7 Å². The van der Waals surface area contributed by atoms with Crippen LogP contribution in [0.4, 0.5) is 4.39 Å². The van der Waals surface area contributed by atoms with Crippen molar-refractivity contribution in [3.8, 4) is 22.5 Å². The lowest BCUT2D eigenvalue weighted by Crippen LogP contribution is -2.00. The standard InChI is InChI=1S/C17H17FN4O2S/c1-11(2)22-9-14(15-7-8-19-16(20-15)10-25(23)24)17(21-22)12-3-5-13(18)6-4-12/h3-9,11,25H,10H2,1-2H3. The second-order valence-electron chi connectivity index (χ2n) is 5.82. The summed E-state index contributed by atoms with van der Waals surface area (Å²) in [5.74, 6) is -0.305.